The summed E-state index contributed by atoms with van der Waals surface area (Å²) in [7, 11) is 0. The summed E-state index contributed by atoms with van der Waals surface area (Å²) < 4.78 is 1.49. The van der Waals surface area contributed by atoms with E-state index in [0.29, 0.717) is 22.9 Å². The van der Waals surface area contributed by atoms with E-state index in [9.17, 15) is 9.59 Å². The van der Waals surface area contributed by atoms with Crippen molar-refractivity contribution in [2.75, 3.05) is 5.75 Å². The second-order valence-corrected chi connectivity index (χ2v) is 7.58. The van der Waals surface area contributed by atoms with Gasteiger partial charge in [-0.15, -0.1) is 16.4 Å². The normalized spacial score (nSPS) is 11.0. The van der Waals surface area contributed by atoms with Gasteiger partial charge in [-0.3, -0.25) is 9.59 Å². The first-order valence-electron chi connectivity index (χ1n) is 8.16. The highest BCUT2D eigenvalue weighted by Gasteiger charge is 2.14. The van der Waals surface area contributed by atoms with Crippen molar-refractivity contribution >= 4 is 34.5 Å². The Bertz CT molecular complexity index is 1120. The van der Waals surface area contributed by atoms with Crippen molar-refractivity contribution in [3.8, 4) is 10.6 Å². The first kappa shape index (κ1) is 17.5. The van der Waals surface area contributed by atoms with E-state index in [1.54, 1.807) is 17.4 Å². The minimum atomic E-state index is -0.316. The Labute approximate surface area is 162 Å². The average Bonchev–Trinajstić information content (AvgIpc) is 3.37. The van der Waals surface area contributed by atoms with Gasteiger partial charge in [0.25, 0.3) is 5.56 Å². The molecular weight excluding hydrogens is 382 g/mol. The molecule has 2 N–H and O–H groups in total. The van der Waals surface area contributed by atoms with Crippen molar-refractivity contribution < 1.29 is 4.79 Å². The van der Waals surface area contributed by atoms with Crippen LogP contribution in [-0.2, 0) is 11.3 Å². The Morgan fingerprint density at radius 2 is 2.07 bits per heavy atom. The van der Waals surface area contributed by atoms with Crippen LogP contribution in [0.3, 0.4) is 0 Å². The predicted octanol–water partition coefficient (Wildman–Crippen LogP) is 2.55. The number of thiophene rings is 1. The van der Waals surface area contributed by atoms with Crippen LogP contribution in [-0.4, -0.2) is 31.5 Å². The molecule has 0 aliphatic rings. The zero-order valence-electron chi connectivity index (χ0n) is 14.1. The van der Waals surface area contributed by atoms with Gasteiger partial charge in [-0.2, -0.15) is 5.10 Å². The number of rotatable bonds is 6. The third-order valence-electron chi connectivity index (χ3n) is 3.81. The van der Waals surface area contributed by atoms with Crippen LogP contribution in [0.15, 0.2) is 63.9 Å². The third kappa shape index (κ3) is 3.93. The summed E-state index contributed by atoms with van der Waals surface area (Å²) in [5.41, 5.74) is 1.83. The predicted molar refractivity (Wildman–Crippen MR) is 106 cm³/mol. The van der Waals surface area contributed by atoms with Crippen LogP contribution in [0.4, 0.5) is 0 Å². The van der Waals surface area contributed by atoms with Crippen molar-refractivity contribution in [2.24, 2.45) is 0 Å². The summed E-state index contributed by atoms with van der Waals surface area (Å²) in [6, 6.07) is 15.3. The molecule has 9 heteroatoms. The van der Waals surface area contributed by atoms with E-state index in [4.69, 9.17) is 0 Å². The van der Waals surface area contributed by atoms with Gasteiger partial charge in [0.15, 0.2) is 0 Å². The summed E-state index contributed by atoms with van der Waals surface area (Å²) in [5.74, 6) is 0.0606. The molecule has 4 aromatic rings. The molecule has 0 aliphatic carbocycles. The van der Waals surface area contributed by atoms with Crippen LogP contribution in [0.1, 0.15) is 5.56 Å². The van der Waals surface area contributed by atoms with Crippen molar-refractivity contribution in [3.63, 3.8) is 0 Å². The third-order valence-corrected chi connectivity index (χ3v) is 5.64. The van der Waals surface area contributed by atoms with Gasteiger partial charge >= 0.3 is 0 Å². The van der Waals surface area contributed by atoms with Gasteiger partial charge in [0, 0.05) is 6.54 Å². The summed E-state index contributed by atoms with van der Waals surface area (Å²) in [6.45, 7) is 0.471. The SMILES string of the molecule is O=C(CSc1n[nH]c(=O)c2cc(-c3cccs3)nn12)NCc1ccccc1. The van der Waals surface area contributed by atoms with E-state index in [1.165, 1.54) is 16.3 Å². The van der Waals surface area contributed by atoms with Gasteiger partial charge in [-0.25, -0.2) is 9.61 Å². The molecule has 0 bridgehead atoms. The van der Waals surface area contributed by atoms with Gasteiger partial charge in [-0.1, -0.05) is 48.2 Å². The molecule has 4 rings (SSSR count). The summed E-state index contributed by atoms with van der Waals surface area (Å²) in [6.07, 6.45) is 0. The van der Waals surface area contributed by atoms with E-state index < -0.39 is 0 Å². The highest BCUT2D eigenvalue weighted by molar-refractivity contribution is 7.99. The number of hydrogen-bond acceptors (Lipinski definition) is 6. The number of thioether (sulfide) groups is 1. The number of benzene rings is 1. The fourth-order valence-corrected chi connectivity index (χ4v) is 3.92. The lowest BCUT2D eigenvalue weighted by atomic mass is 10.2. The molecule has 0 saturated carbocycles. The van der Waals surface area contributed by atoms with Crippen LogP contribution in [0.5, 0.6) is 0 Å². The van der Waals surface area contributed by atoms with E-state index in [-0.39, 0.29) is 17.2 Å². The number of aromatic amines is 1. The molecule has 0 fully saturated rings. The molecule has 3 aromatic heterocycles. The molecule has 1 amide bonds. The molecule has 136 valence electrons. The molecule has 7 nitrogen and oxygen atoms in total. The van der Waals surface area contributed by atoms with Gasteiger partial charge in [0.05, 0.1) is 10.6 Å². The van der Waals surface area contributed by atoms with Crippen LogP contribution >= 0.6 is 23.1 Å². The largest absolute Gasteiger partial charge is 0.351 e. The number of hydrogen-bond donors (Lipinski definition) is 2. The smallest absolute Gasteiger partial charge is 0.290 e. The van der Waals surface area contributed by atoms with Crippen molar-refractivity contribution in [1.82, 2.24) is 25.1 Å². The number of H-pyrrole nitrogens is 1. The number of carbonyl (C=O) groups excluding carboxylic acids is 1. The van der Waals surface area contributed by atoms with Crippen LogP contribution in [0.25, 0.3) is 16.1 Å². The zero-order chi connectivity index (χ0) is 18.6. The van der Waals surface area contributed by atoms with E-state index in [2.05, 4.69) is 20.6 Å². The Hall–Kier alpha value is -2.91. The second-order valence-electron chi connectivity index (χ2n) is 5.69. The maximum atomic E-state index is 12.1. The number of aromatic nitrogens is 4. The number of fused-ring (bicyclic) bond motifs is 1. The number of nitrogens with zero attached hydrogens (tertiary/aromatic N) is 3. The molecule has 1 aromatic carbocycles. The van der Waals surface area contributed by atoms with Crippen molar-refractivity contribution in [2.45, 2.75) is 11.7 Å². The summed E-state index contributed by atoms with van der Waals surface area (Å²) >= 11 is 2.77. The van der Waals surface area contributed by atoms with Gasteiger partial charge in [-0.05, 0) is 23.1 Å². The molecule has 0 spiro atoms. The Morgan fingerprint density at radius 1 is 1.22 bits per heavy atom. The topological polar surface area (TPSA) is 92.2 Å². The number of amides is 1. The van der Waals surface area contributed by atoms with Crippen LogP contribution in [0.2, 0.25) is 0 Å². The maximum Gasteiger partial charge on any atom is 0.290 e. The number of nitrogens with one attached hydrogen (secondary N) is 2. The first-order chi connectivity index (χ1) is 13.2. The van der Waals surface area contributed by atoms with Crippen molar-refractivity contribution in [3.05, 3.63) is 69.8 Å². The van der Waals surface area contributed by atoms with E-state index in [1.807, 2.05) is 47.8 Å². The fraction of sp³-hybridized carbons (Fsp3) is 0.111. The van der Waals surface area contributed by atoms with E-state index >= 15 is 0 Å². The standard InChI is InChI=1S/C18H15N5O2S2/c24-16(19-10-12-5-2-1-3-6-12)11-27-18-21-20-17(25)14-9-13(22-23(14)18)15-7-4-8-26-15/h1-9H,10-11H2,(H,19,24)(H,20,25). The van der Waals surface area contributed by atoms with Crippen LogP contribution in [0, 0.1) is 0 Å². The lowest BCUT2D eigenvalue weighted by Crippen LogP contribution is -2.25. The monoisotopic (exact) mass is 397 g/mol. The highest BCUT2D eigenvalue weighted by atomic mass is 32.2. The highest BCUT2D eigenvalue weighted by Crippen LogP contribution is 2.25. The Balaban J connectivity index is 1.48. The maximum absolute atomic E-state index is 12.1. The summed E-state index contributed by atoms with van der Waals surface area (Å²) in [4.78, 5) is 25.1. The van der Waals surface area contributed by atoms with Crippen molar-refractivity contribution in [1.29, 1.82) is 0 Å². The minimum Gasteiger partial charge on any atom is -0.351 e. The molecule has 0 unspecified atom stereocenters. The molecule has 3 heterocycles. The molecule has 0 radical (unpaired) electrons. The Morgan fingerprint density at radius 3 is 2.85 bits per heavy atom. The van der Waals surface area contributed by atoms with Crippen LogP contribution < -0.4 is 10.9 Å². The minimum absolute atomic E-state index is 0.115. The lowest BCUT2D eigenvalue weighted by Gasteiger charge is -2.05. The quantitative estimate of drug-likeness (QED) is 0.488. The molecule has 0 saturated heterocycles. The summed E-state index contributed by atoms with van der Waals surface area (Å²) in [5, 5.41) is 16.3. The fourth-order valence-electron chi connectivity index (χ4n) is 2.51. The first-order valence-corrected chi connectivity index (χ1v) is 10.0. The number of carbonyl (C=O) groups is 1. The Kier molecular flexibility index (Phi) is 5.03. The molecular formula is C18H15N5O2S2. The molecule has 0 aliphatic heterocycles. The van der Waals surface area contributed by atoms with Gasteiger partial charge in [0.1, 0.15) is 11.2 Å². The lowest BCUT2D eigenvalue weighted by molar-refractivity contribution is -0.118. The van der Waals surface area contributed by atoms with Gasteiger partial charge in [0.2, 0.25) is 11.1 Å². The average molecular weight is 397 g/mol. The second kappa shape index (κ2) is 7.77. The molecule has 27 heavy (non-hydrogen) atoms. The van der Waals surface area contributed by atoms with E-state index in [0.717, 1.165) is 10.4 Å². The molecule has 0 atom stereocenters. The zero-order valence-corrected chi connectivity index (χ0v) is 15.7. The van der Waals surface area contributed by atoms with Gasteiger partial charge < -0.3 is 5.32 Å².